The summed E-state index contributed by atoms with van der Waals surface area (Å²) in [6.07, 6.45) is 3.93. The summed E-state index contributed by atoms with van der Waals surface area (Å²) in [6, 6.07) is 10.6. The van der Waals surface area contributed by atoms with Gasteiger partial charge < -0.3 is 9.64 Å². The molecule has 0 atom stereocenters. The number of fused-ring (bicyclic) bond motifs is 1. The third-order valence-electron chi connectivity index (χ3n) is 4.52. The van der Waals surface area contributed by atoms with Crippen molar-refractivity contribution in [3.63, 3.8) is 0 Å². The third kappa shape index (κ3) is 3.58. The van der Waals surface area contributed by atoms with Gasteiger partial charge >= 0.3 is 0 Å². The highest BCUT2D eigenvalue weighted by molar-refractivity contribution is 5.62. The minimum atomic E-state index is 0.175. The Hall–Kier alpha value is -2.36. The van der Waals surface area contributed by atoms with Crippen molar-refractivity contribution in [3.8, 4) is 5.88 Å². The molecule has 1 aliphatic carbocycles. The van der Waals surface area contributed by atoms with Crippen LogP contribution in [0, 0.1) is 13.8 Å². The van der Waals surface area contributed by atoms with Gasteiger partial charge in [0.15, 0.2) is 0 Å². The van der Waals surface area contributed by atoms with Crippen LogP contribution in [0.5, 0.6) is 5.88 Å². The second-order valence-corrected chi connectivity index (χ2v) is 6.45. The van der Waals surface area contributed by atoms with E-state index in [1.165, 1.54) is 11.1 Å². The molecule has 0 amide bonds. The van der Waals surface area contributed by atoms with Gasteiger partial charge in [0.05, 0.1) is 17.7 Å². The molecule has 24 heavy (non-hydrogen) atoms. The Morgan fingerprint density at radius 1 is 1.25 bits per heavy atom. The highest BCUT2D eigenvalue weighted by atomic mass is 16.5. The molecule has 1 aliphatic rings. The van der Waals surface area contributed by atoms with Crippen molar-refractivity contribution >= 4 is 12.0 Å². The van der Waals surface area contributed by atoms with Gasteiger partial charge in [0.2, 0.25) is 5.88 Å². The summed E-state index contributed by atoms with van der Waals surface area (Å²) in [5.41, 5.74) is 5.60. The van der Waals surface area contributed by atoms with Crippen molar-refractivity contribution in [1.29, 1.82) is 0 Å². The predicted octanol–water partition coefficient (Wildman–Crippen LogP) is 3.86. The van der Waals surface area contributed by atoms with Crippen LogP contribution in [-0.4, -0.2) is 35.9 Å². The van der Waals surface area contributed by atoms with Crippen LogP contribution in [0.4, 0.5) is 5.69 Å². The van der Waals surface area contributed by atoms with Crippen molar-refractivity contribution < 1.29 is 4.74 Å². The molecule has 126 valence electrons. The summed E-state index contributed by atoms with van der Waals surface area (Å²) < 4.78 is 6.20. The molecule has 2 aromatic rings. The maximum Gasteiger partial charge on any atom is 0.216 e. The second-order valence-electron chi connectivity index (χ2n) is 6.45. The van der Waals surface area contributed by atoms with Crippen LogP contribution in [0.2, 0.25) is 0 Å². The maximum absolute atomic E-state index is 6.20. The minimum absolute atomic E-state index is 0.175. The van der Waals surface area contributed by atoms with E-state index in [0.29, 0.717) is 0 Å². The molecule has 0 spiro atoms. The van der Waals surface area contributed by atoms with Gasteiger partial charge in [0.25, 0.3) is 0 Å². The Labute approximate surface area is 144 Å². The molecular weight excluding hydrogens is 298 g/mol. The number of ether oxygens (including phenoxy) is 1. The summed E-state index contributed by atoms with van der Waals surface area (Å²) in [5, 5.41) is 0. The molecule has 4 nitrogen and oxygen atoms in total. The van der Waals surface area contributed by atoms with E-state index < -0.39 is 0 Å². The number of nitrogens with zero attached hydrogens (tertiary/aromatic N) is 3. The topological polar surface area (TPSA) is 37.7 Å². The lowest BCUT2D eigenvalue weighted by molar-refractivity contribution is 0.203. The zero-order valence-electron chi connectivity index (χ0n) is 14.9. The van der Waals surface area contributed by atoms with Crippen molar-refractivity contribution in [2.75, 3.05) is 13.6 Å². The summed E-state index contributed by atoms with van der Waals surface area (Å²) >= 11 is 0. The Kier molecular flexibility index (Phi) is 4.84. The number of aromatic nitrogens is 1. The standard InChI is InChI=1S/C20H25N3O/c1-5-23(4)13-21-19-10-14(2)20(22-15(19)3)24-18-11-16-8-6-7-9-17(16)12-18/h6-10,13,18H,5,11-12H2,1-4H3/b21-13+. The average molecular weight is 323 g/mol. The van der Waals surface area contributed by atoms with E-state index in [-0.39, 0.29) is 6.10 Å². The van der Waals surface area contributed by atoms with Gasteiger partial charge in [-0.2, -0.15) is 0 Å². The van der Waals surface area contributed by atoms with Gasteiger partial charge in [-0.3, -0.25) is 0 Å². The molecule has 0 saturated carbocycles. The van der Waals surface area contributed by atoms with Gasteiger partial charge in [-0.05, 0) is 38.0 Å². The van der Waals surface area contributed by atoms with Crippen molar-refractivity contribution in [2.24, 2.45) is 4.99 Å². The Morgan fingerprint density at radius 3 is 2.54 bits per heavy atom. The predicted molar refractivity (Wildman–Crippen MR) is 98.4 cm³/mol. The first kappa shape index (κ1) is 16.5. The number of hydrogen-bond donors (Lipinski definition) is 0. The second kappa shape index (κ2) is 7.04. The van der Waals surface area contributed by atoms with E-state index in [0.717, 1.165) is 42.2 Å². The van der Waals surface area contributed by atoms with Crippen LogP contribution >= 0.6 is 0 Å². The first-order chi connectivity index (χ1) is 11.6. The van der Waals surface area contributed by atoms with E-state index in [1.54, 1.807) is 0 Å². The van der Waals surface area contributed by atoms with Crippen LogP contribution in [0.1, 0.15) is 29.3 Å². The first-order valence-corrected chi connectivity index (χ1v) is 8.53. The normalized spacial score (nSPS) is 14.2. The van der Waals surface area contributed by atoms with E-state index in [4.69, 9.17) is 4.74 Å². The lowest BCUT2D eigenvalue weighted by Gasteiger charge is -2.16. The number of aliphatic imine (C=N–C) groups is 1. The average Bonchev–Trinajstić information content (AvgIpc) is 2.98. The van der Waals surface area contributed by atoms with E-state index >= 15 is 0 Å². The number of benzene rings is 1. The Morgan fingerprint density at radius 2 is 1.92 bits per heavy atom. The third-order valence-corrected chi connectivity index (χ3v) is 4.52. The van der Waals surface area contributed by atoms with Crippen molar-refractivity contribution in [3.05, 3.63) is 52.7 Å². The summed E-state index contributed by atoms with van der Waals surface area (Å²) in [7, 11) is 2.01. The summed E-state index contributed by atoms with van der Waals surface area (Å²) in [5.74, 6) is 0.730. The van der Waals surface area contributed by atoms with Gasteiger partial charge in [-0.25, -0.2) is 9.98 Å². The maximum atomic E-state index is 6.20. The molecule has 0 saturated heterocycles. The van der Waals surface area contributed by atoms with Gasteiger partial charge in [-0.1, -0.05) is 24.3 Å². The monoisotopic (exact) mass is 323 g/mol. The van der Waals surface area contributed by atoms with E-state index in [1.807, 2.05) is 32.1 Å². The van der Waals surface area contributed by atoms with E-state index in [2.05, 4.69) is 47.2 Å². The molecule has 0 bridgehead atoms. The van der Waals surface area contributed by atoms with Crippen LogP contribution in [-0.2, 0) is 12.8 Å². The largest absolute Gasteiger partial charge is 0.473 e. The first-order valence-electron chi connectivity index (χ1n) is 8.53. The highest BCUT2D eigenvalue weighted by Gasteiger charge is 2.23. The zero-order valence-corrected chi connectivity index (χ0v) is 14.9. The van der Waals surface area contributed by atoms with E-state index in [9.17, 15) is 0 Å². The number of aryl methyl sites for hydroxylation is 2. The molecule has 0 N–H and O–H groups in total. The highest BCUT2D eigenvalue weighted by Crippen LogP contribution is 2.29. The number of pyridine rings is 1. The number of hydrogen-bond acceptors (Lipinski definition) is 3. The molecule has 3 rings (SSSR count). The fraction of sp³-hybridized carbons (Fsp3) is 0.400. The fourth-order valence-corrected chi connectivity index (χ4v) is 2.92. The molecule has 1 heterocycles. The van der Waals surface area contributed by atoms with Crippen molar-refractivity contribution in [1.82, 2.24) is 9.88 Å². The van der Waals surface area contributed by atoms with Crippen LogP contribution in [0.15, 0.2) is 35.3 Å². The molecule has 0 aliphatic heterocycles. The Balaban J connectivity index is 1.74. The SMILES string of the molecule is CCN(C)/C=N/c1cc(C)c(OC2Cc3ccccc3C2)nc1C. The summed E-state index contributed by atoms with van der Waals surface area (Å²) in [6.45, 7) is 7.04. The molecule has 1 aromatic heterocycles. The summed E-state index contributed by atoms with van der Waals surface area (Å²) in [4.78, 5) is 11.2. The van der Waals surface area contributed by atoms with Crippen LogP contribution in [0.25, 0.3) is 0 Å². The quantitative estimate of drug-likeness (QED) is 0.619. The fourth-order valence-electron chi connectivity index (χ4n) is 2.92. The lowest BCUT2D eigenvalue weighted by Crippen LogP contribution is -2.18. The molecule has 0 radical (unpaired) electrons. The zero-order chi connectivity index (χ0) is 17.1. The van der Waals surface area contributed by atoms with Crippen molar-refractivity contribution in [2.45, 2.75) is 39.7 Å². The smallest absolute Gasteiger partial charge is 0.216 e. The van der Waals surface area contributed by atoms with Gasteiger partial charge in [0.1, 0.15) is 6.10 Å². The van der Waals surface area contributed by atoms with Crippen LogP contribution in [0.3, 0.4) is 0 Å². The molecule has 0 fully saturated rings. The molecular formula is C20H25N3O. The molecule has 1 aromatic carbocycles. The van der Waals surface area contributed by atoms with Gasteiger partial charge in [-0.15, -0.1) is 0 Å². The molecule has 4 heteroatoms. The molecule has 0 unspecified atom stereocenters. The van der Waals surface area contributed by atoms with Gasteiger partial charge in [0, 0.05) is 32.0 Å². The van der Waals surface area contributed by atoms with Crippen LogP contribution < -0.4 is 4.74 Å². The minimum Gasteiger partial charge on any atom is -0.473 e. The Bertz CT molecular complexity index is 730. The number of rotatable bonds is 5. The lowest BCUT2D eigenvalue weighted by atomic mass is 10.1.